The summed E-state index contributed by atoms with van der Waals surface area (Å²) < 4.78 is 13.1. The van der Waals surface area contributed by atoms with E-state index in [0.29, 0.717) is 24.2 Å². The minimum atomic E-state index is -1.49. The molecule has 2 heterocycles. The highest BCUT2D eigenvalue weighted by molar-refractivity contribution is 5.85. The number of carbonyl (C=O) groups excluding carboxylic acids is 1. The summed E-state index contributed by atoms with van der Waals surface area (Å²) in [5.41, 5.74) is -2.45. The van der Waals surface area contributed by atoms with E-state index in [-0.39, 0.29) is 18.5 Å². The fraction of sp³-hybridized carbons (Fsp3) is 0.458. The van der Waals surface area contributed by atoms with Crippen molar-refractivity contribution in [2.24, 2.45) is 0 Å². The second-order valence-corrected chi connectivity index (χ2v) is 9.22. The van der Waals surface area contributed by atoms with Crippen LogP contribution in [0.1, 0.15) is 40.5 Å². The number of aliphatic carboxylic acids is 1. The number of benzene rings is 1. The van der Waals surface area contributed by atoms with Crippen molar-refractivity contribution in [2.45, 2.75) is 64.3 Å². The van der Waals surface area contributed by atoms with Crippen LogP contribution in [0, 0.1) is 0 Å². The Balaban J connectivity index is 1.96. The van der Waals surface area contributed by atoms with E-state index < -0.39 is 29.3 Å². The van der Waals surface area contributed by atoms with Gasteiger partial charge in [0.2, 0.25) is 0 Å². The monoisotopic (exact) mass is 442 g/mol. The molecule has 32 heavy (non-hydrogen) atoms. The molecule has 1 aromatic heterocycles. The number of amides is 1. The first kappa shape index (κ1) is 23.4. The van der Waals surface area contributed by atoms with E-state index in [2.05, 4.69) is 6.58 Å². The quantitative estimate of drug-likeness (QED) is 0.683. The highest BCUT2D eigenvalue weighted by atomic mass is 16.6. The molecule has 0 spiro atoms. The molecule has 3 rings (SSSR count). The molecule has 2 aromatic rings. The number of nitrogens with zero attached hydrogens (tertiary/aromatic N) is 2. The Morgan fingerprint density at radius 2 is 2.00 bits per heavy atom. The normalized spacial score (nSPS) is 20.9. The van der Waals surface area contributed by atoms with Crippen LogP contribution < -0.4 is 10.3 Å². The smallest absolute Gasteiger partial charge is 0.411 e. The molecule has 1 amide bonds. The number of carbonyl (C=O) groups is 2. The molecule has 8 nitrogen and oxygen atoms in total. The van der Waals surface area contributed by atoms with Crippen molar-refractivity contribution < 1.29 is 24.2 Å². The van der Waals surface area contributed by atoms with Gasteiger partial charge in [-0.05, 0) is 45.6 Å². The van der Waals surface area contributed by atoms with Gasteiger partial charge in [0, 0.05) is 24.4 Å². The standard InChI is InChI=1S/C24H30N2O6/c1-6-7-12-25-19(13-16-10-8-9-11-18(16)20(25)27)31-17-14-24(5,21(28)29)26(15-17)22(30)32-23(2,3)4/h6,8-11,13,17H,1,7,12,14-15H2,2-5H3,(H,28,29)/t17-,24+/m1/s1. The van der Waals surface area contributed by atoms with E-state index in [1.807, 2.05) is 12.1 Å². The van der Waals surface area contributed by atoms with Crippen molar-refractivity contribution in [3.63, 3.8) is 0 Å². The lowest BCUT2D eigenvalue weighted by atomic mass is 9.98. The molecule has 1 aliphatic rings. The maximum atomic E-state index is 13.1. The van der Waals surface area contributed by atoms with E-state index in [4.69, 9.17) is 9.47 Å². The predicted molar refractivity (Wildman–Crippen MR) is 121 cm³/mol. The van der Waals surface area contributed by atoms with E-state index in [0.717, 1.165) is 5.39 Å². The third kappa shape index (κ3) is 4.64. The van der Waals surface area contributed by atoms with Crippen LogP contribution >= 0.6 is 0 Å². The van der Waals surface area contributed by atoms with E-state index >= 15 is 0 Å². The van der Waals surface area contributed by atoms with Crippen LogP contribution in [0.4, 0.5) is 4.79 Å². The summed E-state index contributed by atoms with van der Waals surface area (Å²) in [4.78, 5) is 39.1. The molecule has 0 aliphatic carbocycles. The molecule has 0 unspecified atom stereocenters. The molecule has 1 N–H and O–H groups in total. The highest BCUT2D eigenvalue weighted by Gasteiger charge is 2.52. The number of carboxylic acids is 1. The number of allylic oxidation sites excluding steroid dienone is 1. The first-order valence-corrected chi connectivity index (χ1v) is 10.6. The van der Waals surface area contributed by atoms with Crippen LogP contribution in [-0.4, -0.2) is 50.4 Å². The number of ether oxygens (including phenoxy) is 2. The Morgan fingerprint density at radius 3 is 2.62 bits per heavy atom. The van der Waals surface area contributed by atoms with Crippen LogP contribution in [-0.2, 0) is 16.1 Å². The van der Waals surface area contributed by atoms with Gasteiger partial charge in [0.1, 0.15) is 17.2 Å². The molecular formula is C24H30N2O6. The lowest BCUT2D eigenvalue weighted by molar-refractivity contribution is -0.148. The number of pyridine rings is 1. The van der Waals surface area contributed by atoms with Crippen molar-refractivity contribution in [3.8, 4) is 5.88 Å². The van der Waals surface area contributed by atoms with Gasteiger partial charge in [-0.1, -0.05) is 24.3 Å². The lowest BCUT2D eigenvalue weighted by Crippen LogP contribution is -2.52. The van der Waals surface area contributed by atoms with Gasteiger partial charge in [-0.25, -0.2) is 9.59 Å². The van der Waals surface area contributed by atoms with Crippen LogP contribution in [0.3, 0.4) is 0 Å². The number of likely N-dealkylation sites (tertiary alicyclic amines) is 1. The Labute approximate surface area is 187 Å². The van der Waals surface area contributed by atoms with Crippen molar-refractivity contribution in [3.05, 3.63) is 53.3 Å². The summed E-state index contributed by atoms with van der Waals surface area (Å²) in [6.07, 6.45) is 1.00. The highest BCUT2D eigenvalue weighted by Crippen LogP contribution is 2.34. The van der Waals surface area contributed by atoms with Crippen molar-refractivity contribution in [1.29, 1.82) is 0 Å². The van der Waals surface area contributed by atoms with Gasteiger partial charge in [-0.15, -0.1) is 6.58 Å². The van der Waals surface area contributed by atoms with Gasteiger partial charge < -0.3 is 14.6 Å². The van der Waals surface area contributed by atoms with Crippen molar-refractivity contribution in [2.75, 3.05) is 6.54 Å². The van der Waals surface area contributed by atoms with Gasteiger partial charge in [0.15, 0.2) is 5.88 Å². The summed E-state index contributed by atoms with van der Waals surface area (Å²) in [5.74, 6) is -0.809. The third-order valence-electron chi connectivity index (χ3n) is 5.51. The van der Waals surface area contributed by atoms with Gasteiger partial charge in [0.25, 0.3) is 5.56 Å². The summed E-state index contributed by atoms with van der Waals surface area (Å²) in [5, 5.41) is 11.2. The molecule has 0 radical (unpaired) electrons. The summed E-state index contributed by atoms with van der Waals surface area (Å²) in [6.45, 7) is 10.8. The summed E-state index contributed by atoms with van der Waals surface area (Å²) in [7, 11) is 0. The van der Waals surface area contributed by atoms with Crippen LogP contribution in [0.5, 0.6) is 5.88 Å². The number of hydrogen-bond donors (Lipinski definition) is 1. The van der Waals surface area contributed by atoms with Crippen LogP contribution in [0.25, 0.3) is 10.8 Å². The van der Waals surface area contributed by atoms with Crippen LogP contribution in [0.15, 0.2) is 47.8 Å². The average Bonchev–Trinajstić information content (AvgIpc) is 3.04. The molecule has 1 fully saturated rings. The molecule has 0 saturated carbocycles. The van der Waals surface area contributed by atoms with Gasteiger partial charge in [0.05, 0.1) is 6.54 Å². The molecule has 172 valence electrons. The summed E-state index contributed by atoms with van der Waals surface area (Å²) in [6, 6.07) is 8.99. The van der Waals surface area contributed by atoms with E-state index in [1.165, 1.54) is 16.4 Å². The number of carboxylic acid groups (broad SMARTS) is 1. The number of rotatable bonds is 6. The Bertz CT molecular complexity index is 1100. The van der Waals surface area contributed by atoms with Crippen molar-refractivity contribution in [1.82, 2.24) is 9.47 Å². The molecule has 1 saturated heterocycles. The van der Waals surface area contributed by atoms with E-state index in [1.54, 1.807) is 45.0 Å². The molecule has 2 atom stereocenters. The maximum absolute atomic E-state index is 13.1. The zero-order valence-corrected chi connectivity index (χ0v) is 19.0. The van der Waals surface area contributed by atoms with Crippen molar-refractivity contribution >= 4 is 22.8 Å². The topological polar surface area (TPSA) is 98.1 Å². The maximum Gasteiger partial charge on any atom is 0.411 e. The SMILES string of the molecule is C=CCCn1c(O[C@H]2CN(C(=O)OC(C)(C)C)[C@](C)(C(=O)O)C2)cc2ccccc2c1=O. The minimum Gasteiger partial charge on any atom is -0.480 e. The number of fused-ring (bicyclic) bond motifs is 1. The average molecular weight is 443 g/mol. The Morgan fingerprint density at radius 1 is 1.31 bits per heavy atom. The zero-order valence-electron chi connectivity index (χ0n) is 19.0. The molecule has 1 aromatic carbocycles. The largest absolute Gasteiger partial charge is 0.480 e. The lowest BCUT2D eigenvalue weighted by Gasteiger charge is -2.32. The second-order valence-electron chi connectivity index (χ2n) is 9.22. The third-order valence-corrected chi connectivity index (χ3v) is 5.51. The summed E-state index contributed by atoms with van der Waals surface area (Å²) >= 11 is 0. The first-order chi connectivity index (χ1) is 15.0. The molecule has 1 aliphatic heterocycles. The molecule has 0 bridgehead atoms. The van der Waals surface area contributed by atoms with Crippen LogP contribution in [0.2, 0.25) is 0 Å². The van der Waals surface area contributed by atoms with Gasteiger partial charge in [-0.3, -0.25) is 14.3 Å². The fourth-order valence-corrected chi connectivity index (χ4v) is 3.87. The zero-order chi connectivity index (χ0) is 23.7. The number of hydrogen-bond acceptors (Lipinski definition) is 5. The van der Waals surface area contributed by atoms with Gasteiger partial charge in [-0.2, -0.15) is 0 Å². The Hall–Kier alpha value is -3.29. The minimum absolute atomic E-state index is 0.0280. The predicted octanol–water partition coefficient (Wildman–Crippen LogP) is 3.81. The molecule has 8 heteroatoms. The molecular weight excluding hydrogens is 412 g/mol. The fourth-order valence-electron chi connectivity index (χ4n) is 3.87. The number of aromatic nitrogens is 1. The van der Waals surface area contributed by atoms with Gasteiger partial charge >= 0.3 is 12.1 Å². The second kappa shape index (κ2) is 8.68. The Kier molecular flexibility index (Phi) is 6.34. The first-order valence-electron chi connectivity index (χ1n) is 10.6. The van der Waals surface area contributed by atoms with E-state index in [9.17, 15) is 19.5 Å².